The molecule has 1 fully saturated rings. The van der Waals surface area contributed by atoms with Crippen molar-refractivity contribution in [2.24, 2.45) is 0 Å². The highest BCUT2D eigenvalue weighted by molar-refractivity contribution is 7.80. The number of thiol groups is 1. The van der Waals surface area contributed by atoms with Crippen LogP contribution in [0.5, 0.6) is 0 Å². The van der Waals surface area contributed by atoms with Gasteiger partial charge in [0, 0.05) is 24.4 Å². The molecule has 14 heavy (non-hydrogen) atoms. The Labute approximate surface area is 93.4 Å². The van der Waals surface area contributed by atoms with Crippen LogP contribution in [-0.4, -0.2) is 42.5 Å². The first-order chi connectivity index (χ1) is 6.79. The van der Waals surface area contributed by atoms with Crippen LogP contribution in [0.4, 0.5) is 0 Å². The predicted octanol–water partition coefficient (Wildman–Crippen LogP) is 2.20. The molecular formula is C11H23NOS. The van der Waals surface area contributed by atoms with Gasteiger partial charge in [-0.2, -0.15) is 12.6 Å². The second-order valence-corrected chi connectivity index (χ2v) is 4.51. The molecule has 0 aliphatic carbocycles. The molecule has 2 nitrogen and oxygen atoms in total. The van der Waals surface area contributed by atoms with E-state index in [1.807, 2.05) is 0 Å². The van der Waals surface area contributed by atoms with Crippen LogP contribution >= 0.6 is 12.6 Å². The van der Waals surface area contributed by atoms with E-state index in [9.17, 15) is 0 Å². The molecule has 1 saturated heterocycles. The zero-order valence-corrected chi connectivity index (χ0v) is 10.3. The molecule has 0 aromatic carbocycles. The fourth-order valence-electron chi connectivity index (χ4n) is 2.30. The van der Waals surface area contributed by atoms with Crippen molar-refractivity contribution in [3.8, 4) is 0 Å². The highest BCUT2D eigenvalue weighted by Gasteiger charge is 2.28. The Kier molecular flexibility index (Phi) is 5.90. The van der Waals surface area contributed by atoms with Crippen LogP contribution < -0.4 is 0 Å². The van der Waals surface area contributed by atoms with Gasteiger partial charge in [-0.15, -0.1) is 0 Å². The van der Waals surface area contributed by atoms with E-state index in [0.717, 1.165) is 37.6 Å². The summed E-state index contributed by atoms with van der Waals surface area (Å²) in [7, 11) is 0. The average Bonchev–Trinajstić information content (AvgIpc) is 2.55. The summed E-state index contributed by atoms with van der Waals surface area (Å²) in [5.41, 5.74) is 0. The molecule has 0 radical (unpaired) electrons. The fraction of sp³-hybridized carbons (Fsp3) is 1.00. The minimum Gasteiger partial charge on any atom is -0.379 e. The van der Waals surface area contributed by atoms with Crippen molar-refractivity contribution in [3.05, 3.63) is 0 Å². The molecule has 2 unspecified atom stereocenters. The number of hydrogen-bond donors (Lipinski definition) is 1. The predicted molar refractivity (Wildman–Crippen MR) is 64.2 cm³/mol. The third-order valence-electron chi connectivity index (χ3n) is 3.15. The summed E-state index contributed by atoms with van der Waals surface area (Å²) >= 11 is 4.12. The molecule has 1 rings (SSSR count). The van der Waals surface area contributed by atoms with E-state index in [-0.39, 0.29) is 0 Å². The van der Waals surface area contributed by atoms with E-state index in [1.54, 1.807) is 0 Å². The lowest BCUT2D eigenvalue weighted by Crippen LogP contribution is -2.36. The number of rotatable bonds is 6. The number of hydrogen-bond acceptors (Lipinski definition) is 3. The topological polar surface area (TPSA) is 12.5 Å². The van der Waals surface area contributed by atoms with Crippen molar-refractivity contribution >= 4 is 12.6 Å². The molecule has 3 heteroatoms. The first-order valence-electron chi connectivity index (χ1n) is 5.74. The molecule has 0 amide bonds. The number of nitrogens with zero attached hydrogens (tertiary/aromatic N) is 1. The minimum atomic E-state index is 0.750. The second-order valence-electron chi connectivity index (χ2n) is 4.06. The quantitative estimate of drug-likeness (QED) is 0.541. The molecule has 1 aliphatic rings. The Balaban J connectivity index is 2.19. The summed E-state index contributed by atoms with van der Waals surface area (Å²) in [6.07, 6.45) is 3.99. The molecule has 0 bridgehead atoms. The SMILES string of the molecule is CCC1CCC(C)N1CCOCCS. The monoisotopic (exact) mass is 217 g/mol. The molecule has 1 heterocycles. The highest BCUT2D eigenvalue weighted by Crippen LogP contribution is 2.25. The second kappa shape index (κ2) is 6.70. The van der Waals surface area contributed by atoms with Crippen molar-refractivity contribution in [3.63, 3.8) is 0 Å². The van der Waals surface area contributed by atoms with Gasteiger partial charge in [-0.25, -0.2) is 0 Å². The largest absolute Gasteiger partial charge is 0.379 e. The maximum Gasteiger partial charge on any atom is 0.0594 e. The number of likely N-dealkylation sites (tertiary alicyclic amines) is 1. The fourth-order valence-corrected chi connectivity index (χ4v) is 2.43. The molecule has 0 spiro atoms. The summed E-state index contributed by atoms with van der Waals surface area (Å²) in [5, 5.41) is 0. The van der Waals surface area contributed by atoms with Crippen LogP contribution in [-0.2, 0) is 4.74 Å². The van der Waals surface area contributed by atoms with Gasteiger partial charge in [-0.05, 0) is 26.2 Å². The van der Waals surface area contributed by atoms with Gasteiger partial charge in [0.1, 0.15) is 0 Å². The van der Waals surface area contributed by atoms with Crippen LogP contribution in [0.1, 0.15) is 33.1 Å². The molecule has 0 saturated carbocycles. The van der Waals surface area contributed by atoms with Gasteiger partial charge < -0.3 is 4.74 Å². The zero-order valence-electron chi connectivity index (χ0n) is 9.41. The summed E-state index contributed by atoms with van der Waals surface area (Å²) in [6.45, 7) is 7.34. The van der Waals surface area contributed by atoms with Crippen LogP contribution in [0.3, 0.4) is 0 Å². The third-order valence-corrected chi connectivity index (χ3v) is 3.34. The molecule has 1 aliphatic heterocycles. The summed E-state index contributed by atoms with van der Waals surface area (Å²) < 4.78 is 5.47. The van der Waals surface area contributed by atoms with Crippen molar-refractivity contribution in [2.45, 2.75) is 45.2 Å². The van der Waals surface area contributed by atoms with E-state index in [4.69, 9.17) is 4.74 Å². The first kappa shape index (κ1) is 12.3. The first-order valence-corrected chi connectivity index (χ1v) is 6.37. The standard InChI is InChI=1S/C11H23NOS/c1-3-11-5-4-10(2)12(11)6-7-13-8-9-14/h10-11,14H,3-9H2,1-2H3. The third kappa shape index (κ3) is 3.44. The van der Waals surface area contributed by atoms with Crippen molar-refractivity contribution < 1.29 is 4.74 Å². The summed E-state index contributed by atoms with van der Waals surface area (Å²) in [6, 6.07) is 1.55. The van der Waals surface area contributed by atoms with E-state index in [2.05, 4.69) is 31.4 Å². The lowest BCUT2D eigenvalue weighted by molar-refractivity contribution is 0.0950. The lowest BCUT2D eigenvalue weighted by Gasteiger charge is -2.27. The summed E-state index contributed by atoms with van der Waals surface area (Å²) in [5.74, 6) is 0.826. The molecule has 84 valence electrons. The minimum absolute atomic E-state index is 0.750. The van der Waals surface area contributed by atoms with Gasteiger partial charge in [0.2, 0.25) is 0 Å². The van der Waals surface area contributed by atoms with Crippen LogP contribution in [0, 0.1) is 0 Å². The molecular weight excluding hydrogens is 194 g/mol. The van der Waals surface area contributed by atoms with Gasteiger partial charge in [-0.3, -0.25) is 4.90 Å². The summed E-state index contributed by atoms with van der Waals surface area (Å²) in [4.78, 5) is 2.60. The Hall–Kier alpha value is 0.270. The van der Waals surface area contributed by atoms with Gasteiger partial charge in [0.15, 0.2) is 0 Å². The Morgan fingerprint density at radius 2 is 2.14 bits per heavy atom. The van der Waals surface area contributed by atoms with E-state index in [1.165, 1.54) is 19.3 Å². The number of ether oxygens (including phenoxy) is 1. The highest BCUT2D eigenvalue weighted by atomic mass is 32.1. The molecule has 0 N–H and O–H groups in total. The normalized spacial score (nSPS) is 28.5. The zero-order chi connectivity index (χ0) is 10.4. The average molecular weight is 217 g/mol. The van der Waals surface area contributed by atoms with E-state index < -0.39 is 0 Å². The van der Waals surface area contributed by atoms with Gasteiger partial charge in [0.25, 0.3) is 0 Å². The Morgan fingerprint density at radius 1 is 1.36 bits per heavy atom. The van der Waals surface area contributed by atoms with Gasteiger partial charge in [-0.1, -0.05) is 6.92 Å². The Morgan fingerprint density at radius 3 is 2.79 bits per heavy atom. The Bertz CT molecular complexity index is 154. The maximum absolute atomic E-state index is 5.47. The van der Waals surface area contributed by atoms with Gasteiger partial charge >= 0.3 is 0 Å². The lowest BCUT2D eigenvalue weighted by atomic mass is 10.2. The van der Waals surface area contributed by atoms with Crippen LogP contribution in [0.2, 0.25) is 0 Å². The van der Waals surface area contributed by atoms with Gasteiger partial charge in [0.05, 0.1) is 13.2 Å². The molecule has 0 aromatic rings. The smallest absolute Gasteiger partial charge is 0.0594 e. The van der Waals surface area contributed by atoms with Crippen molar-refractivity contribution in [1.29, 1.82) is 0 Å². The maximum atomic E-state index is 5.47. The van der Waals surface area contributed by atoms with E-state index in [0.29, 0.717) is 0 Å². The molecule has 2 atom stereocenters. The van der Waals surface area contributed by atoms with E-state index >= 15 is 0 Å². The van der Waals surface area contributed by atoms with Crippen LogP contribution in [0.15, 0.2) is 0 Å². The molecule has 0 aromatic heterocycles. The van der Waals surface area contributed by atoms with Crippen LogP contribution in [0.25, 0.3) is 0 Å². The van der Waals surface area contributed by atoms with Crippen molar-refractivity contribution in [1.82, 2.24) is 4.90 Å². The van der Waals surface area contributed by atoms with Crippen molar-refractivity contribution in [2.75, 3.05) is 25.5 Å².